The lowest BCUT2D eigenvalue weighted by atomic mass is 10.8. The second kappa shape index (κ2) is 3.88. The monoisotopic (exact) mass is 118 g/mol. The molecule has 0 N–H and O–H groups in total. The van der Waals surface area contributed by atoms with Crippen LogP contribution in [-0.2, 0) is 0 Å². The second-order valence-corrected chi connectivity index (χ2v) is 1.44. The number of amidine groups is 1. The Hall–Kier alpha value is -0.300. The standard InChI is InChI=1S/C3H7N2OP/c1-2-4-3(7)5-6/h2,7H2,1H3. The van der Waals surface area contributed by atoms with Crippen molar-refractivity contribution in [2.24, 2.45) is 10.2 Å². The zero-order valence-corrected chi connectivity index (χ0v) is 5.24. The highest BCUT2D eigenvalue weighted by molar-refractivity contribution is 7.40. The largest absolute Gasteiger partial charge is 0.264 e. The molecular weight excluding hydrogens is 111 g/mol. The number of aliphatic imine (C=N–C) groups is 1. The summed E-state index contributed by atoms with van der Waals surface area (Å²) in [4.78, 5) is 13.1. The van der Waals surface area contributed by atoms with Crippen LogP contribution in [0.5, 0.6) is 0 Å². The fourth-order valence-electron chi connectivity index (χ4n) is 0.191. The summed E-state index contributed by atoms with van der Waals surface area (Å²) in [7, 11) is 2.13. The number of hydrogen-bond acceptors (Lipinski definition) is 2. The van der Waals surface area contributed by atoms with E-state index >= 15 is 0 Å². The molecule has 0 bridgehead atoms. The molecule has 0 fully saturated rings. The maximum Gasteiger partial charge on any atom is 0.184 e. The molecule has 0 aromatic rings. The SMILES string of the molecule is CCN=C(P)N=O. The van der Waals surface area contributed by atoms with Crippen molar-refractivity contribution in [3.8, 4) is 0 Å². The molecule has 4 heteroatoms. The molecule has 0 aliphatic heterocycles. The molecule has 40 valence electrons. The lowest BCUT2D eigenvalue weighted by molar-refractivity contribution is 1.13. The Balaban J connectivity index is 3.49. The van der Waals surface area contributed by atoms with Crippen LogP contribution in [0.15, 0.2) is 10.2 Å². The Morgan fingerprint density at radius 3 is 2.57 bits per heavy atom. The third-order valence-electron chi connectivity index (χ3n) is 0.414. The second-order valence-electron chi connectivity index (χ2n) is 0.924. The van der Waals surface area contributed by atoms with Gasteiger partial charge < -0.3 is 0 Å². The topological polar surface area (TPSA) is 41.8 Å². The maximum absolute atomic E-state index is 9.49. The van der Waals surface area contributed by atoms with Gasteiger partial charge in [-0.15, -0.1) is 4.91 Å². The molecule has 7 heavy (non-hydrogen) atoms. The fourth-order valence-corrected chi connectivity index (χ4v) is 0.373. The summed E-state index contributed by atoms with van der Waals surface area (Å²) in [6.45, 7) is 2.46. The molecule has 0 radical (unpaired) electrons. The average Bonchev–Trinajstić information content (AvgIpc) is 1.68. The molecule has 0 spiro atoms. The molecule has 0 heterocycles. The number of nitrogens with zero attached hydrogens (tertiary/aromatic N) is 2. The van der Waals surface area contributed by atoms with Gasteiger partial charge in [-0.2, -0.15) is 0 Å². The Morgan fingerprint density at radius 2 is 2.43 bits per heavy atom. The van der Waals surface area contributed by atoms with Crippen molar-refractivity contribution in [1.82, 2.24) is 0 Å². The lowest BCUT2D eigenvalue weighted by Gasteiger charge is -1.78. The van der Waals surface area contributed by atoms with Crippen LogP contribution in [-0.4, -0.2) is 12.1 Å². The molecule has 0 rings (SSSR count). The van der Waals surface area contributed by atoms with Gasteiger partial charge in [-0.3, -0.25) is 4.99 Å². The summed E-state index contributed by atoms with van der Waals surface area (Å²) in [6.07, 6.45) is 0. The predicted octanol–water partition coefficient (Wildman–Crippen LogP) is 1.00. The predicted molar refractivity (Wildman–Crippen MR) is 33.5 cm³/mol. The van der Waals surface area contributed by atoms with E-state index in [9.17, 15) is 4.91 Å². The molecule has 0 aliphatic rings. The summed E-state index contributed by atoms with van der Waals surface area (Å²) in [6, 6.07) is 0. The van der Waals surface area contributed by atoms with Gasteiger partial charge in [0.05, 0.1) is 0 Å². The van der Waals surface area contributed by atoms with E-state index < -0.39 is 0 Å². The quantitative estimate of drug-likeness (QED) is 0.219. The van der Waals surface area contributed by atoms with Gasteiger partial charge in [0.25, 0.3) is 0 Å². The van der Waals surface area contributed by atoms with E-state index in [2.05, 4.69) is 19.4 Å². The van der Waals surface area contributed by atoms with Gasteiger partial charge in [-0.05, 0) is 12.1 Å². The Labute approximate surface area is 44.4 Å². The van der Waals surface area contributed by atoms with E-state index in [1.807, 2.05) is 6.92 Å². The minimum Gasteiger partial charge on any atom is -0.264 e. The van der Waals surface area contributed by atoms with E-state index in [1.165, 1.54) is 0 Å². The van der Waals surface area contributed by atoms with Crippen LogP contribution in [0.2, 0.25) is 0 Å². The zero-order valence-electron chi connectivity index (χ0n) is 4.09. The van der Waals surface area contributed by atoms with E-state index in [4.69, 9.17) is 0 Å². The molecular formula is C3H7N2OP. The zero-order chi connectivity index (χ0) is 5.70. The number of hydrogen-bond donors (Lipinski definition) is 0. The van der Waals surface area contributed by atoms with Gasteiger partial charge in [-0.1, -0.05) is 9.24 Å². The van der Waals surface area contributed by atoms with Gasteiger partial charge in [0.2, 0.25) is 0 Å². The number of nitroso groups, excluding NO2 is 1. The van der Waals surface area contributed by atoms with Crippen molar-refractivity contribution in [3.63, 3.8) is 0 Å². The molecule has 0 aromatic heterocycles. The highest BCUT2D eigenvalue weighted by Crippen LogP contribution is 1.89. The molecule has 0 saturated carbocycles. The Morgan fingerprint density at radius 1 is 1.86 bits per heavy atom. The minimum absolute atomic E-state index is 0.238. The van der Waals surface area contributed by atoms with E-state index in [0.717, 1.165) is 0 Å². The van der Waals surface area contributed by atoms with E-state index in [1.54, 1.807) is 0 Å². The van der Waals surface area contributed by atoms with Crippen LogP contribution in [0, 0.1) is 4.91 Å². The van der Waals surface area contributed by atoms with Crippen molar-refractivity contribution < 1.29 is 0 Å². The third kappa shape index (κ3) is 3.53. The van der Waals surface area contributed by atoms with Gasteiger partial charge in [-0.25, -0.2) is 0 Å². The van der Waals surface area contributed by atoms with Gasteiger partial charge in [0.1, 0.15) is 0 Å². The molecule has 0 saturated heterocycles. The summed E-state index contributed by atoms with van der Waals surface area (Å²) < 4.78 is 0. The third-order valence-corrected chi connectivity index (χ3v) is 0.702. The molecule has 0 aromatic carbocycles. The lowest BCUT2D eigenvalue weighted by Crippen LogP contribution is -1.76. The van der Waals surface area contributed by atoms with Crippen molar-refractivity contribution in [1.29, 1.82) is 0 Å². The minimum atomic E-state index is 0.238. The Bertz CT molecular complexity index is 90.9. The highest BCUT2D eigenvalue weighted by Gasteiger charge is 1.79. The van der Waals surface area contributed by atoms with Crippen LogP contribution in [0.25, 0.3) is 0 Å². The van der Waals surface area contributed by atoms with Crippen LogP contribution in [0.3, 0.4) is 0 Å². The summed E-state index contributed by atoms with van der Waals surface area (Å²) in [5.74, 6) is 0. The first-order chi connectivity index (χ1) is 3.31. The molecule has 0 amide bonds. The fraction of sp³-hybridized carbons (Fsp3) is 0.667. The molecule has 3 nitrogen and oxygen atoms in total. The van der Waals surface area contributed by atoms with Crippen LogP contribution in [0.1, 0.15) is 6.92 Å². The summed E-state index contributed by atoms with van der Waals surface area (Å²) in [5.41, 5.74) is 0.238. The van der Waals surface area contributed by atoms with Crippen LogP contribution >= 0.6 is 9.24 Å². The maximum atomic E-state index is 9.49. The molecule has 1 unspecified atom stereocenters. The van der Waals surface area contributed by atoms with Gasteiger partial charge in [0, 0.05) is 6.54 Å². The van der Waals surface area contributed by atoms with E-state index in [-0.39, 0.29) is 5.58 Å². The molecule has 1 atom stereocenters. The highest BCUT2D eigenvalue weighted by atomic mass is 31.0. The molecule has 0 aliphatic carbocycles. The van der Waals surface area contributed by atoms with Crippen LogP contribution in [0.4, 0.5) is 0 Å². The normalized spacial score (nSPS) is 11.4. The smallest absolute Gasteiger partial charge is 0.184 e. The van der Waals surface area contributed by atoms with Gasteiger partial charge in [0.15, 0.2) is 5.58 Å². The van der Waals surface area contributed by atoms with Crippen molar-refractivity contribution in [3.05, 3.63) is 4.91 Å². The van der Waals surface area contributed by atoms with Crippen LogP contribution < -0.4 is 0 Å². The van der Waals surface area contributed by atoms with Gasteiger partial charge >= 0.3 is 0 Å². The van der Waals surface area contributed by atoms with Crippen molar-refractivity contribution in [2.75, 3.05) is 6.54 Å². The summed E-state index contributed by atoms with van der Waals surface area (Å²) in [5, 5.41) is 2.54. The van der Waals surface area contributed by atoms with Crippen molar-refractivity contribution in [2.45, 2.75) is 6.92 Å². The first kappa shape index (κ1) is 6.70. The number of rotatable bonds is 1. The average molecular weight is 118 g/mol. The summed E-state index contributed by atoms with van der Waals surface area (Å²) >= 11 is 0. The van der Waals surface area contributed by atoms with E-state index in [0.29, 0.717) is 6.54 Å². The Kier molecular flexibility index (Phi) is 3.71. The first-order valence-corrected chi connectivity index (χ1v) is 2.52. The van der Waals surface area contributed by atoms with Crippen molar-refractivity contribution >= 4 is 14.8 Å². The first-order valence-electron chi connectivity index (χ1n) is 1.94.